The fourth-order valence-electron chi connectivity index (χ4n) is 2.89. The van der Waals surface area contributed by atoms with E-state index in [4.69, 9.17) is 12.2 Å². The number of thiazole rings is 1. The third kappa shape index (κ3) is 3.84. The van der Waals surface area contributed by atoms with E-state index in [0.717, 1.165) is 22.0 Å². The molecule has 3 aromatic rings. The van der Waals surface area contributed by atoms with Crippen molar-refractivity contribution in [3.63, 3.8) is 0 Å². The van der Waals surface area contributed by atoms with Gasteiger partial charge in [-0.1, -0.05) is 24.3 Å². The van der Waals surface area contributed by atoms with Gasteiger partial charge in [0.1, 0.15) is 5.75 Å². The summed E-state index contributed by atoms with van der Waals surface area (Å²) in [5.41, 5.74) is 1.86. The Balaban J connectivity index is 1.58. The first-order valence-corrected chi connectivity index (χ1v) is 9.72. The molecule has 1 aliphatic rings. The Bertz CT molecular complexity index is 1190. The Hall–Kier alpha value is -2.77. The van der Waals surface area contributed by atoms with Crippen molar-refractivity contribution in [2.75, 3.05) is 6.54 Å². The number of rotatable bonds is 4. The van der Waals surface area contributed by atoms with E-state index in [2.05, 4.69) is 9.98 Å². The summed E-state index contributed by atoms with van der Waals surface area (Å²) in [5, 5.41) is 21.7. The number of aromatic nitrogens is 1. The molecule has 0 saturated carbocycles. The average molecular weight is 396 g/mol. The van der Waals surface area contributed by atoms with E-state index in [1.54, 1.807) is 16.7 Å². The van der Waals surface area contributed by atoms with Crippen molar-refractivity contribution in [2.45, 2.75) is 13.0 Å². The fourth-order valence-corrected chi connectivity index (χ4v) is 4.21. The van der Waals surface area contributed by atoms with Crippen LogP contribution >= 0.6 is 23.6 Å². The molecular weight excluding hydrogens is 378 g/mol. The molecule has 2 aromatic carbocycles. The van der Waals surface area contributed by atoms with Gasteiger partial charge in [-0.25, -0.2) is 4.99 Å². The highest BCUT2D eigenvalue weighted by Crippen LogP contribution is 2.29. The number of para-hydroxylation sites is 2. The SMILES string of the molecule is Oc1ccc(CCn2c(O)c(/C=C3\CN=c4ccccc4=N3)sc2=S)cc1. The maximum atomic E-state index is 10.6. The number of phenolic OH excluding ortho intramolecular Hbond substituents is 1. The molecule has 0 saturated heterocycles. The van der Waals surface area contributed by atoms with E-state index in [9.17, 15) is 10.2 Å². The van der Waals surface area contributed by atoms with Gasteiger partial charge in [-0.3, -0.25) is 9.56 Å². The van der Waals surface area contributed by atoms with Gasteiger partial charge in [0.25, 0.3) is 0 Å². The molecule has 5 nitrogen and oxygen atoms in total. The Morgan fingerprint density at radius 1 is 1.07 bits per heavy atom. The summed E-state index contributed by atoms with van der Waals surface area (Å²) in [6, 6.07) is 14.8. The number of fused-ring (bicyclic) bond motifs is 1. The molecular formula is C20H17N3O2S2. The zero-order valence-corrected chi connectivity index (χ0v) is 16.0. The van der Waals surface area contributed by atoms with Gasteiger partial charge in [-0.2, -0.15) is 0 Å². The van der Waals surface area contributed by atoms with Crippen LogP contribution in [0.1, 0.15) is 10.4 Å². The lowest BCUT2D eigenvalue weighted by atomic mass is 10.1. The molecule has 0 fully saturated rings. The van der Waals surface area contributed by atoms with Gasteiger partial charge in [0.05, 0.1) is 27.8 Å². The highest BCUT2D eigenvalue weighted by Gasteiger charge is 2.12. The summed E-state index contributed by atoms with van der Waals surface area (Å²) < 4.78 is 2.35. The third-order valence-corrected chi connectivity index (χ3v) is 5.69. The highest BCUT2D eigenvalue weighted by atomic mass is 32.1. The predicted molar refractivity (Wildman–Crippen MR) is 108 cm³/mol. The quantitative estimate of drug-likeness (QED) is 0.667. The second-order valence-electron chi connectivity index (χ2n) is 6.18. The first-order valence-electron chi connectivity index (χ1n) is 8.49. The minimum Gasteiger partial charge on any atom is -0.508 e. The van der Waals surface area contributed by atoms with Gasteiger partial charge in [0, 0.05) is 6.54 Å². The summed E-state index contributed by atoms with van der Waals surface area (Å²) in [5.74, 6) is 0.399. The molecule has 136 valence electrons. The second-order valence-corrected chi connectivity index (χ2v) is 7.85. The Labute approximate surface area is 164 Å². The number of nitrogens with zero attached hydrogens (tertiary/aromatic N) is 3. The number of phenols is 1. The van der Waals surface area contributed by atoms with Crippen LogP contribution in [-0.2, 0) is 13.0 Å². The van der Waals surface area contributed by atoms with Crippen LogP contribution in [0.25, 0.3) is 6.08 Å². The van der Waals surface area contributed by atoms with Crippen LogP contribution in [0.15, 0.2) is 64.2 Å². The van der Waals surface area contributed by atoms with Crippen molar-refractivity contribution >= 4 is 29.6 Å². The summed E-state index contributed by atoms with van der Waals surface area (Å²) >= 11 is 6.79. The third-order valence-electron chi connectivity index (χ3n) is 4.31. The Kier molecular flexibility index (Phi) is 4.87. The first kappa shape index (κ1) is 17.6. The lowest BCUT2D eigenvalue weighted by Gasteiger charge is -2.06. The van der Waals surface area contributed by atoms with Gasteiger partial charge in [0.15, 0.2) is 3.95 Å². The standard InChI is InChI=1S/C20H17N3O2S2/c24-15-7-5-13(6-8-15)9-10-23-19(25)18(27-20(23)26)11-14-12-21-16-3-1-2-4-17(16)22-14/h1-8,11,24-25H,9-10,12H2/b14-11+. The van der Waals surface area contributed by atoms with Crippen LogP contribution in [0.2, 0.25) is 0 Å². The van der Waals surface area contributed by atoms with Crippen molar-refractivity contribution in [1.29, 1.82) is 0 Å². The molecule has 1 aromatic heterocycles. The molecule has 2 heterocycles. The van der Waals surface area contributed by atoms with E-state index in [1.165, 1.54) is 11.3 Å². The summed E-state index contributed by atoms with van der Waals surface area (Å²) in [7, 11) is 0. The minimum atomic E-state index is 0.158. The molecule has 0 unspecified atom stereocenters. The number of aromatic hydroxyl groups is 2. The molecule has 1 aliphatic heterocycles. The van der Waals surface area contributed by atoms with Crippen molar-refractivity contribution in [2.24, 2.45) is 9.98 Å². The van der Waals surface area contributed by atoms with Crippen LogP contribution in [0, 0.1) is 3.95 Å². The van der Waals surface area contributed by atoms with Crippen LogP contribution < -0.4 is 10.7 Å². The lowest BCUT2D eigenvalue weighted by molar-refractivity contribution is 0.414. The molecule has 27 heavy (non-hydrogen) atoms. The number of aryl methyl sites for hydroxylation is 1. The topological polar surface area (TPSA) is 70.1 Å². The number of benzene rings is 2. The molecule has 0 aliphatic carbocycles. The number of hydrogen-bond acceptors (Lipinski definition) is 6. The van der Waals surface area contributed by atoms with Gasteiger partial charge >= 0.3 is 0 Å². The zero-order chi connectivity index (χ0) is 18.8. The normalized spacial score (nSPS) is 14.4. The van der Waals surface area contributed by atoms with Crippen molar-refractivity contribution in [3.05, 3.63) is 79.3 Å². The average Bonchev–Trinajstić information content (AvgIpc) is 2.94. The molecule has 0 atom stereocenters. The van der Waals surface area contributed by atoms with Crippen molar-refractivity contribution in [3.8, 4) is 11.6 Å². The smallest absolute Gasteiger partial charge is 0.210 e. The minimum absolute atomic E-state index is 0.158. The van der Waals surface area contributed by atoms with E-state index >= 15 is 0 Å². The molecule has 0 spiro atoms. The summed E-state index contributed by atoms with van der Waals surface area (Å²) in [4.78, 5) is 9.83. The van der Waals surface area contributed by atoms with E-state index in [0.29, 0.717) is 28.3 Å². The van der Waals surface area contributed by atoms with Crippen molar-refractivity contribution in [1.82, 2.24) is 4.57 Å². The molecule has 0 amide bonds. The Morgan fingerprint density at radius 2 is 1.81 bits per heavy atom. The van der Waals surface area contributed by atoms with Crippen LogP contribution in [0.5, 0.6) is 11.6 Å². The molecule has 7 heteroatoms. The summed E-state index contributed by atoms with van der Waals surface area (Å²) in [6.45, 7) is 1.05. The maximum Gasteiger partial charge on any atom is 0.210 e. The Morgan fingerprint density at radius 3 is 2.59 bits per heavy atom. The van der Waals surface area contributed by atoms with E-state index in [-0.39, 0.29) is 11.6 Å². The maximum absolute atomic E-state index is 10.6. The van der Waals surface area contributed by atoms with Crippen molar-refractivity contribution < 1.29 is 10.2 Å². The van der Waals surface area contributed by atoms with Crippen LogP contribution in [-0.4, -0.2) is 21.3 Å². The molecule has 4 rings (SSSR count). The highest BCUT2D eigenvalue weighted by molar-refractivity contribution is 7.73. The van der Waals surface area contributed by atoms with Crippen LogP contribution in [0.3, 0.4) is 0 Å². The van der Waals surface area contributed by atoms with E-state index < -0.39 is 0 Å². The largest absolute Gasteiger partial charge is 0.508 e. The monoisotopic (exact) mass is 395 g/mol. The molecule has 0 bridgehead atoms. The van der Waals surface area contributed by atoms with Crippen LogP contribution in [0.4, 0.5) is 0 Å². The second kappa shape index (κ2) is 7.46. The predicted octanol–water partition coefficient (Wildman–Crippen LogP) is 3.23. The molecule has 0 radical (unpaired) electrons. The van der Waals surface area contributed by atoms with Gasteiger partial charge in [-0.05, 0) is 54.5 Å². The first-order chi connectivity index (χ1) is 13.1. The molecule has 2 N–H and O–H groups in total. The fraction of sp³-hybridized carbons (Fsp3) is 0.150. The lowest BCUT2D eigenvalue weighted by Crippen LogP contribution is -2.28. The van der Waals surface area contributed by atoms with Gasteiger partial charge in [-0.15, -0.1) is 11.3 Å². The number of hydrogen-bond donors (Lipinski definition) is 2. The summed E-state index contributed by atoms with van der Waals surface area (Å²) in [6.07, 6.45) is 2.56. The van der Waals surface area contributed by atoms with Gasteiger partial charge in [0.2, 0.25) is 5.88 Å². The zero-order valence-electron chi connectivity index (χ0n) is 14.4. The van der Waals surface area contributed by atoms with E-state index in [1.807, 2.05) is 42.5 Å². The van der Waals surface area contributed by atoms with Gasteiger partial charge < -0.3 is 10.2 Å².